The molecule has 0 aliphatic carbocycles. The quantitative estimate of drug-likeness (QED) is 0.761. The Balaban J connectivity index is 1.71. The van der Waals surface area contributed by atoms with Crippen LogP contribution in [0, 0.1) is 6.92 Å². The van der Waals surface area contributed by atoms with Crippen LogP contribution in [0.5, 0.6) is 0 Å². The lowest BCUT2D eigenvalue weighted by Gasteiger charge is -2.24. The largest absolute Gasteiger partial charge is 0.326 e. The molecule has 1 aromatic heterocycles. The van der Waals surface area contributed by atoms with E-state index < -0.39 is 0 Å². The highest BCUT2D eigenvalue weighted by Gasteiger charge is 2.23. The molecule has 6 nitrogen and oxygen atoms in total. The van der Waals surface area contributed by atoms with Gasteiger partial charge in [0.2, 0.25) is 11.9 Å². The predicted octanol–water partition coefficient (Wildman–Crippen LogP) is 3.60. The monoisotopic (exact) mass is 345 g/mol. The van der Waals surface area contributed by atoms with Crippen LogP contribution in [0.2, 0.25) is 0 Å². The van der Waals surface area contributed by atoms with Crippen LogP contribution >= 0.6 is 0 Å². The van der Waals surface area contributed by atoms with Crippen LogP contribution in [0.4, 0.5) is 11.6 Å². The molecule has 0 spiro atoms. The molecule has 2 N–H and O–H groups in total. The van der Waals surface area contributed by atoms with Crippen molar-refractivity contribution < 1.29 is 4.79 Å². The number of aromatic nitrogens is 3. The van der Waals surface area contributed by atoms with Crippen LogP contribution in [0.3, 0.4) is 0 Å². The fraction of sp³-hybridized carbons (Fsp3) is 0.150. The van der Waals surface area contributed by atoms with E-state index in [9.17, 15) is 4.79 Å². The third kappa shape index (κ3) is 3.09. The molecule has 4 rings (SSSR count). The van der Waals surface area contributed by atoms with Gasteiger partial charge in [0.1, 0.15) is 12.4 Å². The van der Waals surface area contributed by atoms with Gasteiger partial charge in [-0.05, 0) is 36.3 Å². The minimum absolute atomic E-state index is 0.0727. The third-order valence-electron chi connectivity index (χ3n) is 4.34. The fourth-order valence-electron chi connectivity index (χ4n) is 3.04. The van der Waals surface area contributed by atoms with E-state index in [4.69, 9.17) is 0 Å². The van der Waals surface area contributed by atoms with E-state index >= 15 is 0 Å². The van der Waals surface area contributed by atoms with Gasteiger partial charge in [-0.1, -0.05) is 42.0 Å². The Labute approximate surface area is 151 Å². The second-order valence-electron chi connectivity index (χ2n) is 6.35. The van der Waals surface area contributed by atoms with Crippen molar-refractivity contribution in [3.05, 3.63) is 77.6 Å². The molecule has 2 heterocycles. The Kier molecular flexibility index (Phi) is 4.01. The summed E-state index contributed by atoms with van der Waals surface area (Å²) in [5.74, 6) is 0.624. The van der Waals surface area contributed by atoms with E-state index in [1.807, 2.05) is 28.9 Å². The van der Waals surface area contributed by atoms with Gasteiger partial charge in [0, 0.05) is 18.3 Å². The number of carbonyl (C=O) groups excluding carboxylic acids is 1. The van der Waals surface area contributed by atoms with E-state index in [-0.39, 0.29) is 11.9 Å². The van der Waals surface area contributed by atoms with E-state index in [1.165, 1.54) is 12.5 Å². The number of fused-ring (bicyclic) bond motifs is 1. The number of anilines is 2. The Morgan fingerprint density at radius 1 is 1.12 bits per heavy atom. The summed E-state index contributed by atoms with van der Waals surface area (Å²) in [6.07, 6.45) is 3.69. The summed E-state index contributed by atoms with van der Waals surface area (Å²) in [5.41, 5.74) is 5.17. The van der Waals surface area contributed by atoms with Crippen LogP contribution in [0.15, 0.2) is 60.9 Å². The van der Waals surface area contributed by atoms with Crippen LogP contribution < -0.4 is 10.6 Å². The van der Waals surface area contributed by atoms with Gasteiger partial charge in [0.25, 0.3) is 0 Å². The van der Waals surface area contributed by atoms with Crippen molar-refractivity contribution in [3.63, 3.8) is 0 Å². The molecule has 0 fully saturated rings. The number of rotatable bonds is 3. The van der Waals surface area contributed by atoms with Gasteiger partial charge in [-0.15, -0.1) is 0 Å². The van der Waals surface area contributed by atoms with Gasteiger partial charge in [-0.25, -0.2) is 4.68 Å². The first-order valence-electron chi connectivity index (χ1n) is 8.43. The second kappa shape index (κ2) is 6.48. The van der Waals surface area contributed by atoms with Gasteiger partial charge < -0.3 is 10.6 Å². The highest BCUT2D eigenvalue weighted by atomic mass is 16.1. The van der Waals surface area contributed by atoms with Crippen molar-refractivity contribution >= 4 is 23.2 Å². The number of aryl methyl sites for hydroxylation is 1. The van der Waals surface area contributed by atoms with Crippen molar-refractivity contribution in [2.24, 2.45) is 0 Å². The second-order valence-corrected chi connectivity index (χ2v) is 6.35. The summed E-state index contributed by atoms with van der Waals surface area (Å²) in [7, 11) is 0. The summed E-state index contributed by atoms with van der Waals surface area (Å²) in [4.78, 5) is 15.5. The van der Waals surface area contributed by atoms with Crippen molar-refractivity contribution in [2.75, 3.05) is 10.6 Å². The SMILES string of the molecule is CC(=O)Nc1ccc([C@H]2C=C(c3ccc(C)cc3)Nc3ncnn32)cc1. The molecule has 0 unspecified atom stereocenters. The fourth-order valence-corrected chi connectivity index (χ4v) is 3.04. The van der Waals surface area contributed by atoms with E-state index in [1.54, 1.807) is 6.33 Å². The zero-order valence-corrected chi connectivity index (χ0v) is 14.6. The molecule has 0 bridgehead atoms. The first-order valence-corrected chi connectivity index (χ1v) is 8.43. The maximum absolute atomic E-state index is 11.2. The smallest absolute Gasteiger partial charge is 0.226 e. The zero-order chi connectivity index (χ0) is 18.1. The molecule has 1 atom stereocenters. The summed E-state index contributed by atoms with van der Waals surface area (Å²) in [5, 5.41) is 10.5. The molecule has 0 saturated heterocycles. The third-order valence-corrected chi connectivity index (χ3v) is 4.34. The predicted molar refractivity (Wildman–Crippen MR) is 102 cm³/mol. The maximum Gasteiger partial charge on any atom is 0.226 e. The topological polar surface area (TPSA) is 71.8 Å². The van der Waals surface area contributed by atoms with Gasteiger partial charge >= 0.3 is 0 Å². The average Bonchev–Trinajstić information content (AvgIpc) is 3.10. The number of allylic oxidation sites excluding steroid dienone is 1. The molecule has 1 amide bonds. The van der Waals surface area contributed by atoms with Crippen molar-refractivity contribution in [1.82, 2.24) is 14.8 Å². The van der Waals surface area contributed by atoms with E-state index in [0.717, 1.165) is 22.5 Å². The zero-order valence-electron chi connectivity index (χ0n) is 14.6. The van der Waals surface area contributed by atoms with Crippen molar-refractivity contribution in [3.8, 4) is 0 Å². The Hall–Kier alpha value is -3.41. The maximum atomic E-state index is 11.2. The number of hydrogen-bond donors (Lipinski definition) is 2. The summed E-state index contributed by atoms with van der Waals surface area (Å²) >= 11 is 0. The molecule has 1 aliphatic rings. The molecule has 26 heavy (non-hydrogen) atoms. The van der Waals surface area contributed by atoms with Crippen molar-refractivity contribution in [2.45, 2.75) is 19.9 Å². The average molecular weight is 345 g/mol. The van der Waals surface area contributed by atoms with Crippen molar-refractivity contribution in [1.29, 1.82) is 0 Å². The van der Waals surface area contributed by atoms with E-state index in [0.29, 0.717) is 5.95 Å². The molecule has 6 heteroatoms. The number of nitrogens with zero attached hydrogens (tertiary/aromatic N) is 3. The Morgan fingerprint density at radius 3 is 2.54 bits per heavy atom. The highest BCUT2D eigenvalue weighted by molar-refractivity contribution is 5.88. The molecule has 1 aliphatic heterocycles. The lowest BCUT2D eigenvalue weighted by molar-refractivity contribution is -0.114. The number of hydrogen-bond acceptors (Lipinski definition) is 4. The van der Waals surface area contributed by atoms with Crippen LogP contribution in [0.1, 0.15) is 29.7 Å². The molecule has 3 aromatic rings. The van der Waals surface area contributed by atoms with Gasteiger partial charge in [0.15, 0.2) is 0 Å². The number of amides is 1. The first kappa shape index (κ1) is 16.1. The van der Waals surface area contributed by atoms with Gasteiger partial charge in [0.05, 0.1) is 0 Å². The Morgan fingerprint density at radius 2 is 1.85 bits per heavy atom. The van der Waals surface area contributed by atoms with Crippen LogP contribution in [0.25, 0.3) is 5.70 Å². The first-order chi connectivity index (χ1) is 12.6. The highest BCUT2D eigenvalue weighted by Crippen LogP contribution is 2.32. The summed E-state index contributed by atoms with van der Waals surface area (Å²) in [6, 6.07) is 16.1. The molecular weight excluding hydrogens is 326 g/mol. The molecule has 130 valence electrons. The minimum Gasteiger partial charge on any atom is -0.326 e. The van der Waals surface area contributed by atoms with Crippen LogP contribution in [-0.4, -0.2) is 20.7 Å². The molecule has 0 radical (unpaired) electrons. The van der Waals surface area contributed by atoms with Gasteiger partial charge in [-0.2, -0.15) is 10.1 Å². The lowest BCUT2D eigenvalue weighted by Crippen LogP contribution is -2.20. The Bertz CT molecular complexity index is 970. The normalized spacial score (nSPS) is 15.6. The molecule has 2 aromatic carbocycles. The van der Waals surface area contributed by atoms with E-state index in [2.05, 4.69) is 58.0 Å². The number of benzene rings is 2. The standard InChI is InChI=1S/C20H19N5O/c1-13-3-5-15(6-4-13)18-11-19(25-20(24-18)21-12-22-25)16-7-9-17(10-8-16)23-14(2)26/h3-12,19H,1-2H3,(H,23,26)(H,21,22,24)/t19-/m1/s1. The number of nitrogens with one attached hydrogen (secondary N) is 2. The lowest BCUT2D eigenvalue weighted by atomic mass is 10.0. The summed E-state index contributed by atoms with van der Waals surface area (Å²) < 4.78 is 1.85. The van der Waals surface area contributed by atoms with Gasteiger partial charge in [-0.3, -0.25) is 4.79 Å². The number of carbonyl (C=O) groups is 1. The molecule has 0 saturated carbocycles. The minimum atomic E-state index is -0.0836. The van der Waals surface area contributed by atoms with Crippen LogP contribution in [-0.2, 0) is 4.79 Å². The summed E-state index contributed by atoms with van der Waals surface area (Å²) in [6.45, 7) is 3.57. The molecular formula is C20H19N5O.